The Kier molecular flexibility index (Phi) is 4.70. The van der Waals surface area contributed by atoms with Crippen LogP contribution in [0.1, 0.15) is 36.0 Å². The average Bonchev–Trinajstić information content (AvgIpc) is 2.94. The Morgan fingerprint density at radius 2 is 1.44 bits per heavy atom. The Morgan fingerprint density at radius 3 is 2.00 bits per heavy atom. The lowest BCUT2D eigenvalue weighted by molar-refractivity contribution is -0.122. The summed E-state index contributed by atoms with van der Waals surface area (Å²) in [6, 6.07) is 12.9. The molecule has 0 bridgehead atoms. The van der Waals surface area contributed by atoms with Crippen molar-refractivity contribution in [3.05, 3.63) is 59.1 Å². The van der Waals surface area contributed by atoms with E-state index in [1.54, 1.807) is 48.5 Å². The molecular formula is C21H18ClNO4. The van der Waals surface area contributed by atoms with Gasteiger partial charge in [0.2, 0.25) is 11.8 Å². The molecule has 2 aliphatic rings. The zero-order valence-corrected chi connectivity index (χ0v) is 15.3. The SMILES string of the molecule is O=C(Oc1ccc(N2C(=O)[C@H]3CCCC[C@H]3C2=O)cc1)c1ccc(Cl)cc1. The molecule has 0 radical (unpaired) electrons. The molecule has 0 spiro atoms. The number of hydrogen-bond acceptors (Lipinski definition) is 4. The Bertz CT molecular complexity index is 867. The summed E-state index contributed by atoms with van der Waals surface area (Å²) < 4.78 is 5.34. The smallest absolute Gasteiger partial charge is 0.343 e. The number of rotatable bonds is 3. The van der Waals surface area contributed by atoms with Crippen molar-refractivity contribution in [2.24, 2.45) is 11.8 Å². The molecule has 1 saturated carbocycles. The number of nitrogens with zero attached hydrogens (tertiary/aromatic N) is 1. The Balaban J connectivity index is 1.49. The Morgan fingerprint density at radius 1 is 0.889 bits per heavy atom. The van der Waals surface area contributed by atoms with E-state index in [-0.39, 0.29) is 23.7 Å². The van der Waals surface area contributed by atoms with Crippen LogP contribution in [0.4, 0.5) is 5.69 Å². The topological polar surface area (TPSA) is 63.7 Å². The summed E-state index contributed by atoms with van der Waals surface area (Å²) >= 11 is 5.81. The van der Waals surface area contributed by atoms with Crippen LogP contribution in [0.25, 0.3) is 0 Å². The van der Waals surface area contributed by atoms with Gasteiger partial charge in [-0.2, -0.15) is 0 Å². The van der Waals surface area contributed by atoms with E-state index in [0.29, 0.717) is 22.0 Å². The number of halogens is 1. The third-order valence-corrected chi connectivity index (χ3v) is 5.48. The summed E-state index contributed by atoms with van der Waals surface area (Å²) in [6.45, 7) is 0. The van der Waals surface area contributed by atoms with Crippen LogP contribution < -0.4 is 9.64 Å². The molecule has 1 aliphatic carbocycles. The van der Waals surface area contributed by atoms with Gasteiger partial charge >= 0.3 is 5.97 Å². The van der Waals surface area contributed by atoms with Crippen molar-refractivity contribution in [2.75, 3.05) is 4.90 Å². The fraction of sp³-hybridized carbons (Fsp3) is 0.286. The summed E-state index contributed by atoms with van der Waals surface area (Å²) in [5, 5.41) is 0.538. The van der Waals surface area contributed by atoms with Gasteiger partial charge in [0, 0.05) is 5.02 Å². The lowest BCUT2D eigenvalue weighted by Crippen LogP contribution is -2.30. The first-order valence-corrected chi connectivity index (χ1v) is 9.38. The van der Waals surface area contributed by atoms with Gasteiger partial charge in [-0.15, -0.1) is 0 Å². The van der Waals surface area contributed by atoms with Crippen LogP contribution in [0.5, 0.6) is 5.75 Å². The van der Waals surface area contributed by atoms with Crippen LogP contribution in [0.2, 0.25) is 5.02 Å². The summed E-state index contributed by atoms with van der Waals surface area (Å²) in [4.78, 5) is 38.7. The molecule has 2 aromatic carbocycles. The number of hydrogen-bond donors (Lipinski definition) is 0. The molecule has 0 N–H and O–H groups in total. The molecule has 1 aliphatic heterocycles. The van der Waals surface area contributed by atoms with Crippen molar-refractivity contribution in [1.82, 2.24) is 0 Å². The normalized spacial score (nSPS) is 21.9. The van der Waals surface area contributed by atoms with Gasteiger partial charge in [-0.05, 0) is 61.4 Å². The van der Waals surface area contributed by atoms with Crippen LogP contribution in [0.3, 0.4) is 0 Å². The average molecular weight is 384 g/mol. The molecule has 138 valence electrons. The number of fused-ring (bicyclic) bond motifs is 1. The molecule has 6 heteroatoms. The molecule has 5 nitrogen and oxygen atoms in total. The van der Waals surface area contributed by atoms with E-state index >= 15 is 0 Å². The van der Waals surface area contributed by atoms with Crippen molar-refractivity contribution in [2.45, 2.75) is 25.7 Å². The molecule has 4 rings (SSSR count). The van der Waals surface area contributed by atoms with E-state index in [0.717, 1.165) is 25.7 Å². The van der Waals surface area contributed by atoms with Crippen molar-refractivity contribution in [3.8, 4) is 5.75 Å². The third kappa shape index (κ3) is 3.35. The quantitative estimate of drug-likeness (QED) is 0.452. The van der Waals surface area contributed by atoms with E-state index in [1.165, 1.54) is 4.90 Å². The van der Waals surface area contributed by atoms with Gasteiger partial charge in [0.25, 0.3) is 0 Å². The lowest BCUT2D eigenvalue weighted by Gasteiger charge is -2.19. The minimum atomic E-state index is -0.501. The molecule has 1 heterocycles. The first-order valence-electron chi connectivity index (χ1n) is 9.00. The van der Waals surface area contributed by atoms with Crippen molar-refractivity contribution < 1.29 is 19.1 Å². The molecule has 27 heavy (non-hydrogen) atoms. The number of benzene rings is 2. The second-order valence-electron chi connectivity index (χ2n) is 6.90. The molecule has 2 fully saturated rings. The molecule has 0 aromatic heterocycles. The Labute approximate surface area is 161 Å². The van der Waals surface area contributed by atoms with Crippen LogP contribution >= 0.6 is 11.6 Å². The standard InChI is InChI=1S/C21H18ClNO4/c22-14-7-5-13(6-8-14)21(26)27-16-11-9-15(10-12-16)23-19(24)17-3-1-2-4-18(17)20(23)25/h5-12,17-18H,1-4H2/t17-,18+. The minimum Gasteiger partial charge on any atom is -0.423 e. The molecule has 2 amide bonds. The van der Waals surface area contributed by atoms with Crippen molar-refractivity contribution in [3.63, 3.8) is 0 Å². The monoisotopic (exact) mass is 383 g/mol. The third-order valence-electron chi connectivity index (χ3n) is 5.23. The van der Waals surface area contributed by atoms with Crippen LogP contribution in [0.15, 0.2) is 48.5 Å². The predicted molar refractivity (Wildman–Crippen MR) is 101 cm³/mol. The highest BCUT2D eigenvalue weighted by Gasteiger charge is 2.48. The van der Waals surface area contributed by atoms with Gasteiger partial charge in [0.05, 0.1) is 23.1 Å². The van der Waals surface area contributed by atoms with Gasteiger partial charge in [0.15, 0.2) is 0 Å². The predicted octanol–water partition coefficient (Wildman–Crippen LogP) is 4.24. The number of anilines is 1. The highest BCUT2D eigenvalue weighted by atomic mass is 35.5. The first kappa shape index (κ1) is 17.7. The second kappa shape index (κ2) is 7.16. The maximum Gasteiger partial charge on any atom is 0.343 e. The minimum absolute atomic E-state index is 0.115. The molecule has 0 unspecified atom stereocenters. The number of carbonyl (C=O) groups is 3. The summed E-state index contributed by atoms with van der Waals surface area (Å²) in [5.41, 5.74) is 0.906. The fourth-order valence-corrected chi connectivity index (χ4v) is 3.96. The lowest BCUT2D eigenvalue weighted by atomic mass is 9.81. The fourth-order valence-electron chi connectivity index (χ4n) is 3.83. The number of imide groups is 1. The van der Waals surface area contributed by atoms with E-state index < -0.39 is 5.97 Å². The summed E-state index contributed by atoms with van der Waals surface area (Å²) in [5.74, 6) is -0.762. The summed E-state index contributed by atoms with van der Waals surface area (Å²) in [7, 11) is 0. The molecule has 1 saturated heterocycles. The maximum atomic E-state index is 12.6. The van der Waals surface area contributed by atoms with Gasteiger partial charge in [0.1, 0.15) is 5.75 Å². The van der Waals surface area contributed by atoms with E-state index in [1.807, 2.05) is 0 Å². The highest BCUT2D eigenvalue weighted by Crippen LogP contribution is 2.40. The van der Waals surface area contributed by atoms with E-state index in [2.05, 4.69) is 0 Å². The number of carbonyl (C=O) groups excluding carboxylic acids is 3. The van der Waals surface area contributed by atoms with Crippen LogP contribution in [-0.2, 0) is 9.59 Å². The first-order chi connectivity index (χ1) is 13.0. The van der Waals surface area contributed by atoms with Crippen LogP contribution in [-0.4, -0.2) is 17.8 Å². The summed E-state index contributed by atoms with van der Waals surface area (Å²) in [6.07, 6.45) is 3.55. The zero-order chi connectivity index (χ0) is 19.0. The molecule has 2 atom stereocenters. The van der Waals surface area contributed by atoms with Gasteiger partial charge < -0.3 is 4.74 Å². The number of ether oxygens (including phenoxy) is 1. The highest BCUT2D eigenvalue weighted by molar-refractivity contribution is 6.30. The van der Waals surface area contributed by atoms with Gasteiger partial charge in [-0.25, -0.2) is 4.79 Å². The van der Waals surface area contributed by atoms with Gasteiger partial charge in [-0.3, -0.25) is 14.5 Å². The maximum absolute atomic E-state index is 12.6. The molecular weight excluding hydrogens is 366 g/mol. The zero-order valence-electron chi connectivity index (χ0n) is 14.6. The second-order valence-corrected chi connectivity index (χ2v) is 7.34. The number of esters is 1. The van der Waals surface area contributed by atoms with Gasteiger partial charge in [-0.1, -0.05) is 24.4 Å². The largest absolute Gasteiger partial charge is 0.423 e. The number of amides is 2. The van der Waals surface area contributed by atoms with Crippen LogP contribution in [0, 0.1) is 11.8 Å². The van der Waals surface area contributed by atoms with Crippen molar-refractivity contribution >= 4 is 35.1 Å². The molecule has 2 aromatic rings. The van der Waals surface area contributed by atoms with E-state index in [4.69, 9.17) is 16.3 Å². The van der Waals surface area contributed by atoms with Crippen molar-refractivity contribution in [1.29, 1.82) is 0 Å². The Hall–Kier alpha value is -2.66. The van der Waals surface area contributed by atoms with E-state index in [9.17, 15) is 14.4 Å².